The summed E-state index contributed by atoms with van der Waals surface area (Å²) in [5.41, 5.74) is 0.751. The number of nitrogens with one attached hydrogen (secondary N) is 1. The van der Waals surface area contributed by atoms with Crippen LogP contribution in [0.5, 0.6) is 17.4 Å². The van der Waals surface area contributed by atoms with Crippen LogP contribution in [0, 0.1) is 29.0 Å². The summed E-state index contributed by atoms with van der Waals surface area (Å²) in [6, 6.07) is 13.5. The maximum absolute atomic E-state index is 15.3. The number of methoxy groups -OCH3 is 1. The van der Waals surface area contributed by atoms with Crippen LogP contribution in [0.4, 0.5) is 20.7 Å². The van der Waals surface area contributed by atoms with Gasteiger partial charge in [0.2, 0.25) is 5.82 Å². The number of benzene rings is 2. The highest BCUT2D eigenvalue weighted by Crippen LogP contribution is 2.35. The van der Waals surface area contributed by atoms with Gasteiger partial charge in [-0.25, -0.2) is 9.78 Å². The zero-order valence-electron chi connectivity index (χ0n) is 20.3. The molecule has 2 fully saturated rings. The number of carbonyl (C=O) groups excluding carboxylic acids is 1. The molecule has 1 N–H and O–H groups in total. The van der Waals surface area contributed by atoms with Crippen LogP contribution >= 0.6 is 11.6 Å². The Morgan fingerprint density at radius 3 is 2.61 bits per heavy atom. The zero-order valence-corrected chi connectivity index (χ0v) is 21.0. The lowest BCUT2D eigenvalue weighted by atomic mass is 9.84. The number of hydrogen-bond acceptors (Lipinski definition) is 9. The number of piperidine rings is 1. The van der Waals surface area contributed by atoms with Crippen LogP contribution in [-0.2, 0) is 4.74 Å². The molecule has 2 aliphatic heterocycles. The van der Waals surface area contributed by atoms with Gasteiger partial charge in [-0.15, -0.1) is 0 Å². The quantitative estimate of drug-likeness (QED) is 0.485. The van der Waals surface area contributed by atoms with Crippen LogP contribution in [-0.4, -0.2) is 60.5 Å². The molecule has 3 aromatic rings. The summed E-state index contributed by atoms with van der Waals surface area (Å²) in [5.74, 6) is -0.818. The highest BCUT2D eigenvalue weighted by atomic mass is 35.5. The first-order valence-electron chi connectivity index (χ1n) is 11.8. The lowest BCUT2D eigenvalue weighted by Gasteiger charge is -2.45. The largest absolute Gasteiger partial charge is 0.493 e. The van der Waals surface area contributed by atoms with Gasteiger partial charge in [0, 0.05) is 24.9 Å². The second-order valence-corrected chi connectivity index (χ2v) is 9.24. The minimum absolute atomic E-state index is 0.124. The molecule has 10 nitrogen and oxygen atoms in total. The summed E-state index contributed by atoms with van der Waals surface area (Å²) in [6.45, 7) is 1.26. The maximum atomic E-state index is 15.3. The van der Waals surface area contributed by atoms with Crippen LogP contribution < -0.4 is 19.5 Å². The summed E-state index contributed by atoms with van der Waals surface area (Å²) in [4.78, 5) is 22.5. The average Bonchev–Trinajstić information content (AvgIpc) is 2.92. The molecule has 5 rings (SSSR count). The van der Waals surface area contributed by atoms with Gasteiger partial charge in [0.05, 0.1) is 42.7 Å². The van der Waals surface area contributed by atoms with Crippen molar-refractivity contribution in [2.75, 3.05) is 38.7 Å². The average molecular weight is 540 g/mol. The van der Waals surface area contributed by atoms with E-state index in [9.17, 15) is 4.79 Å². The molecule has 2 unspecified atom stereocenters. The van der Waals surface area contributed by atoms with Crippen molar-refractivity contribution < 1.29 is 28.1 Å². The predicted molar refractivity (Wildman–Crippen MR) is 134 cm³/mol. The zero-order chi connectivity index (χ0) is 26.6. The topological polar surface area (TPSA) is 119 Å². The normalized spacial score (nSPS) is 20.3. The fourth-order valence-electron chi connectivity index (χ4n) is 4.57. The molecule has 1 amide bonds. The molecule has 0 saturated carbocycles. The lowest BCUT2D eigenvalue weighted by molar-refractivity contribution is -0.108. The summed E-state index contributed by atoms with van der Waals surface area (Å²) < 4.78 is 37.9. The van der Waals surface area contributed by atoms with Crippen molar-refractivity contribution in [2.45, 2.75) is 6.10 Å². The Hall–Kier alpha value is -4.14. The van der Waals surface area contributed by atoms with Gasteiger partial charge < -0.3 is 29.2 Å². The number of fused-ring (bicyclic) bond motifs is 2. The Labute approximate surface area is 222 Å². The lowest BCUT2D eigenvalue weighted by Crippen LogP contribution is -2.59. The third-order valence-corrected chi connectivity index (χ3v) is 6.70. The smallest absolute Gasteiger partial charge is 0.415 e. The highest BCUT2D eigenvalue weighted by Gasteiger charge is 2.44. The molecule has 2 saturated heterocycles. The first-order chi connectivity index (χ1) is 18.5. The number of halogens is 2. The van der Waals surface area contributed by atoms with Gasteiger partial charge in [0.1, 0.15) is 12.4 Å². The van der Waals surface area contributed by atoms with E-state index in [0.717, 1.165) is 0 Å². The summed E-state index contributed by atoms with van der Waals surface area (Å²) >= 11 is 6.20. The molecule has 0 radical (unpaired) electrons. The molecular formula is C26H23ClFN5O5. The number of ether oxygens (including phenoxy) is 4. The van der Waals surface area contributed by atoms with Crippen molar-refractivity contribution in [1.82, 2.24) is 14.9 Å². The van der Waals surface area contributed by atoms with Crippen LogP contribution in [0.25, 0.3) is 0 Å². The number of para-hydroxylation sites is 2. The van der Waals surface area contributed by atoms with E-state index >= 15 is 4.39 Å². The molecule has 0 aliphatic carbocycles. The van der Waals surface area contributed by atoms with E-state index in [0.29, 0.717) is 49.1 Å². The number of aromatic nitrogens is 2. The van der Waals surface area contributed by atoms with Crippen molar-refractivity contribution in [1.29, 1.82) is 5.26 Å². The third-order valence-electron chi connectivity index (χ3n) is 6.38. The van der Waals surface area contributed by atoms with Crippen molar-refractivity contribution in [3.63, 3.8) is 0 Å². The summed E-state index contributed by atoms with van der Waals surface area (Å²) in [5, 5.41) is 12.1. The molecule has 12 heteroatoms. The second-order valence-electron chi connectivity index (χ2n) is 8.84. The predicted octanol–water partition coefficient (Wildman–Crippen LogP) is 4.42. The minimum atomic E-state index is -0.787. The Morgan fingerprint density at radius 1 is 1.18 bits per heavy atom. The molecule has 2 aromatic carbocycles. The van der Waals surface area contributed by atoms with Crippen molar-refractivity contribution >= 4 is 29.2 Å². The maximum Gasteiger partial charge on any atom is 0.415 e. The molecule has 196 valence electrons. The van der Waals surface area contributed by atoms with Crippen molar-refractivity contribution in [3.05, 3.63) is 65.2 Å². The fourth-order valence-corrected chi connectivity index (χ4v) is 4.80. The molecule has 2 aliphatic rings. The fraction of sp³-hybridized carbons (Fsp3) is 0.308. The van der Waals surface area contributed by atoms with Crippen LogP contribution in [0.15, 0.2) is 48.8 Å². The van der Waals surface area contributed by atoms with E-state index in [1.807, 2.05) is 6.07 Å². The van der Waals surface area contributed by atoms with Gasteiger partial charge in [0.15, 0.2) is 17.3 Å². The number of nitriles is 1. The minimum Gasteiger partial charge on any atom is -0.493 e. The number of rotatable bonds is 6. The first kappa shape index (κ1) is 25.5. The monoisotopic (exact) mass is 539 g/mol. The summed E-state index contributed by atoms with van der Waals surface area (Å²) in [6.07, 6.45) is 0.239. The van der Waals surface area contributed by atoms with Gasteiger partial charge in [-0.05, 0) is 30.3 Å². The molecule has 1 aromatic heterocycles. The number of anilines is 2. The van der Waals surface area contributed by atoms with Gasteiger partial charge in [-0.3, -0.25) is 0 Å². The number of hydrogen-bond donors (Lipinski definition) is 1. The SMILES string of the molecule is COc1ccccc1OC(=O)N1CC2COCC(C1)C2Oc1ncnc(Nc2ccc(C#N)cc2Cl)c1F. The number of carbonyl (C=O) groups is 1. The Balaban J connectivity index is 1.29. The molecule has 3 heterocycles. The standard InChI is InChI=1S/C26H23ClFN5O5/c1-35-20-4-2-3-5-21(20)37-26(34)33-10-16-12-36-13-17(11-33)23(16)38-25-22(28)24(30-14-31-25)32-19-7-6-15(9-29)8-18(19)27/h2-8,14,16-17,23H,10-13H2,1H3,(H,30,31,32). The van der Waals surface area contributed by atoms with Crippen molar-refractivity contribution in [2.24, 2.45) is 11.8 Å². The van der Waals surface area contributed by atoms with E-state index in [1.165, 1.54) is 19.5 Å². The number of nitrogens with zero attached hydrogens (tertiary/aromatic N) is 4. The van der Waals surface area contributed by atoms with E-state index in [-0.39, 0.29) is 28.6 Å². The molecule has 2 atom stereocenters. The van der Waals surface area contributed by atoms with E-state index in [4.69, 9.17) is 35.8 Å². The van der Waals surface area contributed by atoms with Gasteiger partial charge in [-0.1, -0.05) is 23.7 Å². The van der Waals surface area contributed by atoms with Crippen LogP contribution in [0.3, 0.4) is 0 Å². The third kappa shape index (κ3) is 5.27. The molecule has 2 bridgehead atoms. The highest BCUT2D eigenvalue weighted by molar-refractivity contribution is 6.33. The molecule has 38 heavy (non-hydrogen) atoms. The van der Waals surface area contributed by atoms with Crippen molar-refractivity contribution in [3.8, 4) is 23.4 Å². The first-order valence-corrected chi connectivity index (χ1v) is 12.2. The van der Waals surface area contributed by atoms with Gasteiger partial charge >= 0.3 is 6.09 Å². The Morgan fingerprint density at radius 2 is 1.92 bits per heavy atom. The van der Waals surface area contributed by atoms with Crippen LogP contribution in [0.1, 0.15) is 5.56 Å². The van der Waals surface area contributed by atoms with E-state index in [1.54, 1.807) is 41.3 Å². The Bertz CT molecular complexity index is 1370. The Kier molecular flexibility index (Phi) is 7.44. The molecule has 0 spiro atoms. The number of likely N-dealkylation sites (tertiary alicyclic amines) is 1. The number of amides is 1. The van der Waals surface area contributed by atoms with E-state index in [2.05, 4.69) is 15.3 Å². The van der Waals surface area contributed by atoms with Crippen LogP contribution in [0.2, 0.25) is 5.02 Å². The van der Waals surface area contributed by atoms with E-state index < -0.39 is 18.0 Å². The second kappa shape index (κ2) is 11.1. The summed E-state index contributed by atoms with van der Waals surface area (Å²) in [7, 11) is 1.50. The van der Waals surface area contributed by atoms with Gasteiger partial charge in [-0.2, -0.15) is 14.6 Å². The van der Waals surface area contributed by atoms with Gasteiger partial charge in [0.25, 0.3) is 5.88 Å². The molecular weight excluding hydrogens is 517 g/mol.